The van der Waals surface area contributed by atoms with Crippen molar-refractivity contribution in [1.82, 2.24) is 10.2 Å². The Kier molecular flexibility index (Phi) is 5.72. The zero-order valence-corrected chi connectivity index (χ0v) is 16.3. The van der Waals surface area contributed by atoms with Crippen LogP contribution in [0.1, 0.15) is 28.3 Å². The first-order chi connectivity index (χ1) is 12.5. The van der Waals surface area contributed by atoms with E-state index in [-0.39, 0.29) is 30.2 Å². The third-order valence-corrected chi connectivity index (χ3v) is 5.39. The first-order valence-electron chi connectivity index (χ1n) is 9.06. The van der Waals surface area contributed by atoms with E-state index in [4.69, 9.17) is 4.74 Å². The standard InChI is InChI=1S/C21H23FN2O2.ClH/c1-13-8-16-11-20(26-19(16)9-14(13)2)21(25)24-7-6-23-12-18(24)15-4-3-5-17(22)10-15;/h3-5,8-10,18,20,23H,6-7,11-12H2,1-2H3;1H. The molecule has 0 radical (unpaired) electrons. The molecule has 2 aliphatic heterocycles. The van der Waals surface area contributed by atoms with Crippen LogP contribution >= 0.6 is 12.4 Å². The molecule has 1 saturated heterocycles. The van der Waals surface area contributed by atoms with Crippen molar-refractivity contribution >= 4 is 18.3 Å². The summed E-state index contributed by atoms with van der Waals surface area (Å²) >= 11 is 0. The number of nitrogens with one attached hydrogen (secondary N) is 1. The molecule has 0 aromatic heterocycles. The second kappa shape index (κ2) is 7.87. The third-order valence-electron chi connectivity index (χ3n) is 5.39. The molecule has 2 aromatic rings. The van der Waals surface area contributed by atoms with Gasteiger partial charge in [-0.15, -0.1) is 12.4 Å². The van der Waals surface area contributed by atoms with Gasteiger partial charge < -0.3 is 15.0 Å². The molecule has 27 heavy (non-hydrogen) atoms. The summed E-state index contributed by atoms with van der Waals surface area (Å²) in [7, 11) is 0. The van der Waals surface area contributed by atoms with Crippen LogP contribution in [0.2, 0.25) is 0 Å². The van der Waals surface area contributed by atoms with Gasteiger partial charge in [0, 0.05) is 26.1 Å². The number of halogens is 2. The minimum Gasteiger partial charge on any atom is -0.480 e. The van der Waals surface area contributed by atoms with E-state index in [1.54, 1.807) is 6.07 Å². The van der Waals surface area contributed by atoms with Gasteiger partial charge in [-0.05, 0) is 54.3 Å². The van der Waals surface area contributed by atoms with E-state index in [0.717, 1.165) is 29.0 Å². The Morgan fingerprint density at radius 2 is 2.00 bits per heavy atom. The fraction of sp³-hybridized carbons (Fsp3) is 0.381. The molecule has 2 atom stereocenters. The Bertz CT molecular complexity index is 827. The number of ether oxygens (including phenoxy) is 1. The van der Waals surface area contributed by atoms with Crippen molar-refractivity contribution in [1.29, 1.82) is 0 Å². The van der Waals surface area contributed by atoms with Crippen LogP contribution in [-0.4, -0.2) is 36.5 Å². The van der Waals surface area contributed by atoms with Crippen LogP contribution in [0.3, 0.4) is 0 Å². The molecule has 1 N–H and O–H groups in total. The Hall–Kier alpha value is -2.11. The van der Waals surface area contributed by atoms with Crippen LogP contribution in [0.15, 0.2) is 36.4 Å². The molecule has 4 rings (SSSR count). The van der Waals surface area contributed by atoms with Gasteiger partial charge in [0.1, 0.15) is 11.6 Å². The Morgan fingerprint density at radius 1 is 1.22 bits per heavy atom. The van der Waals surface area contributed by atoms with Crippen LogP contribution in [0.5, 0.6) is 5.75 Å². The number of carbonyl (C=O) groups excluding carboxylic acids is 1. The van der Waals surface area contributed by atoms with Crippen LogP contribution < -0.4 is 10.1 Å². The molecule has 6 heteroatoms. The van der Waals surface area contributed by atoms with Crippen molar-refractivity contribution in [2.75, 3.05) is 19.6 Å². The minimum absolute atomic E-state index is 0. The second-order valence-electron chi connectivity index (χ2n) is 7.16. The lowest BCUT2D eigenvalue weighted by Crippen LogP contribution is -2.52. The normalized spacial score (nSPS) is 21.2. The lowest BCUT2D eigenvalue weighted by atomic mass is 10.0. The summed E-state index contributed by atoms with van der Waals surface area (Å²) in [6.45, 7) is 6.06. The molecule has 2 aromatic carbocycles. The predicted octanol–water partition coefficient (Wildman–Crippen LogP) is 3.34. The van der Waals surface area contributed by atoms with E-state index < -0.39 is 6.10 Å². The molecule has 1 fully saturated rings. The molecule has 0 aliphatic carbocycles. The van der Waals surface area contributed by atoms with Crippen molar-refractivity contribution in [3.63, 3.8) is 0 Å². The average molecular weight is 391 g/mol. The Morgan fingerprint density at radius 3 is 2.78 bits per heavy atom. The van der Waals surface area contributed by atoms with Gasteiger partial charge in [0.25, 0.3) is 5.91 Å². The second-order valence-corrected chi connectivity index (χ2v) is 7.16. The smallest absolute Gasteiger partial charge is 0.264 e. The first kappa shape index (κ1) is 19.6. The minimum atomic E-state index is -0.500. The summed E-state index contributed by atoms with van der Waals surface area (Å²) in [5.41, 5.74) is 4.27. The predicted molar refractivity (Wildman–Crippen MR) is 105 cm³/mol. The van der Waals surface area contributed by atoms with Gasteiger partial charge in [-0.3, -0.25) is 4.79 Å². The van der Waals surface area contributed by atoms with E-state index >= 15 is 0 Å². The molecule has 0 spiro atoms. The molecule has 2 aliphatic rings. The lowest BCUT2D eigenvalue weighted by Gasteiger charge is -2.37. The van der Waals surface area contributed by atoms with Crippen molar-refractivity contribution in [2.24, 2.45) is 0 Å². The van der Waals surface area contributed by atoms with Crippen molar-refractivity contribution in [3.05, 3.63) is 64.5 Å². The first-order valence-corrected chi connectivity index (χ1v) is 9.06. The van der Waals surface area contributed by atoms with Gasteiger partial charge in [-0.25, -0.2) is 4.39 Å². The zero-order chi connectivity index (χ0) is 18.3. The third kappa shape index (κ3) is 3.80. The number of carbonyl (C=O) groups is 1. The monoisotopic (exact) mass is 390 g/mol. The number of hydrogen-bond acceptors (Lipinski definition) is 3. The quantitative estimate of drug-likeness (QED) is 0.855. The molecule has 144 valence electrons. The summed E-state index contributed by atoms with van der Waals surface area (Å²) in [5, 5.41) is 3.30. The maximum atomic E-state index is 13.7. The molecular weight excluding hydrogens is 367 g/mol. The van der Waals surface area contributed by atoms with Crippen molar-refractivity contribution in [2.45, 2.75) is 32.4 Å². The highest BCUT2D eigenvalue weighted by molar-refractivity contribution is 5.85. The molecular formula is C21H24ClFN2O2. The fourth-order valence-corrected chi connectivity index (χ4v) is 3.82. The summed E-state index contributed by atoms with van der Waals surface area (Å²) in [4.78, 5) is 15.0. The summed E-state index contributed by atoms with van der Waals surface area (Å²) < 4.78 is 19.6. The Balaban J connectivity index is 0.00000210. The van der Waals surface area contributed by atoms with Crippen molar-refractivity contribution in [3.8, 4) is 5.75 Å². The van der Waals surface area contributed by atoms with Crippen molar-refractivity contribution < 1.29 is 13.9 Å². The van der Waals surface area contributed by atoms with Gasteiger partial charge in [0.2, 0.25) is 0 Å². The van der Waals surface area contributed by atoms with E-state index in [1.165, 1.54) is 17.7 Å². The molecule has 0 bridgehead atoms. The summed E-state index contributed by atoms with van der Waals surface area (Å²) in [6, 6.07) is 10.4. The highest BCUT2D eigenvalue weighted by atomic mass is 35.5. The molecule has 0 saturated carbocycles. The maximum Gasteiger partial charge on any atom is 0.264 e. The van der Waals surface area contributed by atoms with Gasteiger partial charge in [-0.2, -0.15) is 0 Å². The van der Waals surface area contributed by atoms with Crippen LogP contribution in [-0.2, 0) is 11.2 Å². The van der Waals surface area contributed by atoms with E-state index in [1.807, 2.05) is 24.0 Å². The molecule has 1 amide bonds. The topological polar surface area (TPSA) is 41.6 Å². The fourth-order valence-electron chi connectivity index (χ4n) is 3.82. The zero-order valence-electron chi connectivity index (χ0n) is 15.5. The van der Waals surface area contributed by atoms with Gasteiger partial charge in [-0.1, -0.05) is 18.2 Å². The van der Waals surface area contributed by atoms with E-state index in [9.17, 15) is 9.18 Å². The number of aryl methyl sites for hydroxylation is 2. The van der Waals surface area contributed by atoms with Crippen LogP contribution in [0, 0.1) is 19.7 Å². The average Bonchev–Trinajstić information content (AvgIpc) is 3.04. The van der Waals surface area contributed by atoms with Gasteiger partial charge in [0.15, 0.2) is 6.10 Å². The molecule has 4 nitrogen and oxygen atoms in total. The molecule has 2 heterocycles. The summed E-state index contributed by atoms with van der Waals surface area (Å²) in [6.07, 6.45) is 0.0927. The van der Waals surface area contributed by atoms with E-state index in [2.05, 4.69) is 18.3 Å². The lowest BCUT2D eigenvalue weighted by molar-refractivity contribution is -0.141. The molecule has 2 unspecified atom stereocenters. The number of hydrogen-bond donors (Lipinski definition) is 1. The number of piperazine rings is 1. The number of fused-ring (bicyclic) bond motifs is 1. The van der Waals surface area contributed by atoms with Crippen LogP contribution in [0.4, 0.5) is 4.39 Å². The highest BCUT2D eigenvalue weighted by Gasteiger charge is 2.37. The number of rotatable bonds is 2. The number of benzene rings is 2. The van der Waals surface area contributed by atoms with Gasteiger partial charge >= 0.3 is 0 Å². The summed E-state index contributed by atoms with van der Waals surface area (Å²) in [5.74, 6) is 0.507. The largest absolute Gasteiger partial charge is 0.480 e. The van der Waals surface area contributed by atoms with Gasteiger partial charge in [0.05, 0.1) is 6.04 Å². The number of nitrogens with zero attached hydrogens (tertiary/aromatic N) is 1. The maximum absolute atomic E-state index is 13.7. The van der Waals surface area contributed by atoms with Crippen LogP contribution in [0.25, 0.3) is 0 Å². The Labute approximate surface area is 165 Å². The number of amides is 1. The van der Waals surface area contributed by atoms with E-state index in [0.29, 0.717) is 19.5 Å². The SMILES string of the molecule is Cc1cc2c(cc1C)OC(C(=O)N1CCNCC1c1cccc(F)c1)C2.Cl. The highest BCUT2D eigenvalue weighted by Crippen LogP contribution is 2.33.